The van der Waals surface area contributed by atoms with E-state index >= 15 is 0 Å². The predicted molar refractivity (Wildman–Crippen MR) is 151 cm³/mol. The van der Waals surface area contributed by atoms with Crippen LogP contribution in [0.3, 0.4) is 0 Å². The summed E-state index contributed by atoms with van der Waals surface area (Å²) >= 11 is 0. The Kier molecular flexibility index (Phi) is 10.5. The van der Waals surface area contributed by atoms with Gasteiger partial charge < -0.3 is 4.84 Å². The van der Waals surface area contributed by atoms with Crippen LogP contribution in [0.5, 0.6) is 0 Å². The van der Waals surface area contributed by atoms with Gasteiger partial charge in [-0.3, -0.25) is 47.9 Å². The zero-order valence-corrected chi connectivity index (χ0v) is 25.5. The van der Waals surface area contributed by atoms with E-state index in [4.69, 9.17) is 9.39 Å². The maximum atomic E-state index is 12.2. The first-order valence-electron chi connectivity index (χ1n) is 14.8. The van der Waals surface area contributed by atoms with Gasteiger partial charge in [0.25, 0.3) is 45.6 Å². The molecule has 15 nitrogen and oxygen atoms in total. The summed E-state index contributed by atoms with van der Waals surface area (Å²) in [6, 6.07) is 0. The highest BCUT2D eigenvalue weighted by atomic mass is 32.2. The van der Waals surface area contributed by atoms with Crippen LogP contribution in [0.2, 0.25) is 0 Å². The molecule has 0 radical (unpaired) electrons. The second kappa shape index (κ2) is 13.9. The van der Waals surface area contributed by atoms with Crippen molar-refractivity contribution in [3.8, 4) is 0 Å². The third kappa shape index (κ3) is 8.16. The van der Waals surface area contributed by atoms with Gasteiger partial charge in [-0.1, -0.05) is 0 Å². The van der Waals surface area contributed by atoms with E-state index in [0.29, 0.717) is 38.1 Å². The Morgan fingerprint density at radius 1 is 0.733 bits per heavy atom. The number of carbonyl (C=O) groups excluding carboxylic acids is 8. The highest BCUT2D eigenvalue weighted by Gasteiger charge is 2.49. The normalized spacial score (nSPS) is 28.6. The molecule has 16 heteroatoms. The zero-order chi connectivity index (χ0) is 33.1. The lowest BCUT2D eigenvalue weighted by Crippen LogP contribution is -2.40. The van der Waals surface area contributed by atoms with Gasteiger partial charge in [0.15, 0.2) is 5.25 Å². The summed E-state index contributed by atoms with van der Waals surface area (Å²) in [5, 5.41) is -1.87. The van der Waals surface area contributed by atoms with Crippen LogP contribution in [0.15, 0.2) is 24.3 Å². The molecular weight excluding hydrogens is 614 g/mol. The van der Waals surface area contributed by atoms with Gasteiger partial charge >= 0.3 is 5.97 Å². The molecule has 45 heavy (non-hydrogen) atoms. The summed E-state index contributed by atoms with van der Waals surface area (Å²) in [4.78, 5) is 100. The summed E-state index contributed by atoms with van der Waals surface area (Å²) in [6.07, 6.45) is 9.71. The molecule has 3 heterocycles. The van der Waals surface area contributed by atoms with Gasteiger partial charge in [0.05, 0.1) is 12.3 Å². The molecule has 0 bridgehead atoms. The van der Waals surface area contributed by atoms with E-state index in [1.807, 2.05) is 0 Å². The van der Waals surface area contributed by atoms with Crippen molar-refractivity contribution in [1.29, 1.82) is 0 Å². The second-order valence-electron chi connectivity index (χ2n) is 11.9. The molecule has 6 amide bonds. The van der Waals surface area contributed by atoms with Crippen LogP contribution < -0.4 is 0 Å². The number of rotatable bonds is 8. The van der Waals surface area contributed by atoms with Crippen LogP contribution in [0.1, 0.15) is 64.7 Å². The minimum Gasteiger partial charge on any atom is -0.330 e. The second-order valence-corrected chi connectivity index (χ2v) is 13.5. The van der Waals surface area contributed by atoms with Crippen molar-refractivity contribution in [2.75, 3.05) is 13.1 Å². The Morgan fingerprint density at radius 2 is 1.13 bits per heavy atom. The monoisotopic (exact) mass is 649 g/mol. The Balaban J connectivity index is 0.000000231. The van der Waals surface area contributed by atoms with Gasteiger partial charge in [-0.25, -0.2) is 4.79 Å². The minimum atomic E-state index is -4.77. The average molecular weight is 650 g/mol. The average Bonchev–Trinajstić information content (AvgIpc) is 3.59. The van der Waals surface area contributed by atoms with E-state index in [1.54, 1.807) is 6.92 Å². The standard InChI is InChI=1S/C16H18N2O9S.C13H17NO3/c19-12-5-6-13(20)17(12)8-9-1-3-10(4-2-9)16(23)27-18-14(21)7-11(15(18)22)28(24,25)26;1-9(15)11-4-2-10(3-5-11)8-14-12(16)6-7-13(14)17/h5-6,9-11H,1-4,7-8H2,(H,24,25,26);6-7,10-11H,2-5,8H2,1H3. The van der Waals surface area contributed by atoms with Crippen LogP contribution >= 0.6 is 0 Å². The minimum absolute atomic E-state index is 0.0239. The van der Waals surface area contributed by atoms with Gasteiger partial charge in [-0.2, -0.15) is 8.42 Å². The summed E-state index contributed by atoms with van der Waals surface area (Å²) in [5.74, 6) is -4.08. The lowest BCUT2D eigenvalue weighted by atomic mass is 9.80. The van der Waals surface area contributed by atoms with Crippen molar-refractivity contribution in [3.05, 3.63) is 24.3 Å². The molecule has 5 rings (SSSR count). The maximum Gasteiger partial charge on any atom is 0.336 e. The first-order chi connectivity index (χ1) is 21.1. The van der Waals surface area contributed by atoms with Crippen molar-refractivity contribution in [1.82, 2.24) is 14.9 Å². The van der Waals surface area contributed by atoms with E-state index in [9.17, 15) is 46.8 Å². The van der Waals surface area contributed by atoms with Crippen molar-refractivity contribution < 1.29 is 56.2 Å². The van der Waals surface area contributed by atoms with Gasteiger partial charge in [0, 0.05) is 43.3 Å². The molecule has 1 saturated heterocycles. The summed E-state index contributed by atoms with van der Waals surface area (Å²) < 4.78 is 31.2. The SMILES string of the molecule is CC(=O)C1CCC(CN2C(=O)C=CC2=O)CC1.O=C(ON1C(=O)CC(S(=O)(=O)O)C1=O)C1CCC(CN2C(=O)C=CC2=O)CC1. The third-order valence-electron chi connectivity index (χ3n) is 8.89. The lowest BCUT2D eigenvalue weighted by Gasteiger charge is -2.29. The van der Waals surface area contributed by atoms with Gasteiger partial charge in [-0.05, 0) is 70.1 Å². The van der Waals surface area contributed by atoms with Gasteiger partial charge in [0.2, 0.25) is 0 Å². The molecule has 5 aliphatic rings. The highest BCUT2D eigenvalue weighted by molar-refractivity contribution is 7.87. The fourth-order valence-electron chi connectivity index (χ4n) is 6.15. The molecule has 0 spiro atoms. The van der Waals surface area contributed by atoms with Gasteiger partial charge in [0.1, 0.15) is 5.78 Å². The van der Waals surface area contributed by atoms with Crippen molar-refractivity contribution in [2.45, 2.75) is 70.0 Å². The number of hydrogen-bond donors (Lipinski definition) is 1. The lowest BCUT2D eigenvalue weighted by molar-refractivity contribution is -0.201. The number of imide groups is 3. The van der Waals surface area contributed by atoms with Crippen LogP contribution in [0.25, 0.3) is 0 Å². The fourth-order valence-corrected chi connectivity index (χ4v) is 6.85. The fraction of sp³-hybridized carbons (Fsp3) is 0.586. The van der Waals surface area contributed by atoms with Crippen LogP contribution in [0, 0.1) is 23.7 Å². The van der Waals surface area contributed by atoms with E-state index in [2.05, 4.69) is 0 Å². The van der Waals surface area contributed by atoms with Crippen LogP contribution in [0.4, 0.5) is 0 Å². The predicted octanol–water partition coefficient (Wildman–Crippen LogP) is 0.498. The number of hydrogen-bond acceptors (Lipinski definition) is 11. The molecule has 0 aromatic rings. The Morgan fingerprint density at radius 3 is 1.49 bits per heavy atom. The molecule has 1 atom stereocenters. The first kappa shape index (κ1) is 33.8. The first-order valence-corrected chi connectivity index (χ1v) is 16.3. The Labute approximate surface area is 259 Å². The van der Waals surface area contributed by atoms with E-state index in [0.717, 1.165) is 30.6 Å². The summed E-state index contributed by atoms with van der Waals surface area (Å²) in [5.41, 5.74) is 0. The molecule has 244 valence electrons. The van der Waals surface area contributed by atoms with Crippen LogP contribution in [-0.2, 0) is 53.3 Å². The molecule has 3 fully saturated rings. The number of carbonyl (C=O) groups is 8. The molecule has 0 aromatic heterocycles. The molecule has 2 aliphatic carbocycles. The molecule has 1 unspecified atom stereocenters. The maximum absolute atomic E-state index is 12.2. The molecular formula is C29H35N3O12S. The third-order valence-corrected chi connectivity index (χ3v) is 9.97. The number of ketones is 1. The van der Waals surface area contributed by atoms with Crippen molar-refractivity contribution in [3.63, 3.8) is 0 Å². The molecule has 1 N–H and O–H groups in total. The number of amides is 6. The Hall–Kier alpha value is -4.05. The zero-order valence-electron chi connectivity index (χ0n) is 24.7. The van der Waals surface area contributed by atoms with Crippen LogP contribution in [-0.4, -0.2) is 93.4 Å². The van der Waals surface area contributed by atoms with E-state index in [-0.39, 0.29) is 52.9 Å². The smallest absolute Gasteiger partial charge is 0.330 e. The summed E-state index contributed by atoms with van der Waals surface area (Å²) in [6.45, 7) is 2.41. The Bertz CT molecular complexity index is 1420. The molecule has 0 aromatic carbocycles. The van der Waals surface area contributed by atoms with E-state index in [1.165, 1.54) is 29.2 Å². The number of Topliss-reactive ketones (excluding diaryl/α,β-unsaturated/α-hetero) is 1. The highest BCUT2D eigenvalue weighted by Crippen LogP contribution is 2.32. The van der Waals surface area contributed by atoms with Crippen molar-refractivity contribution in [2.24, 2.45) is 23.7 Å². The largest absolute Gasteiger partial charge is 0.336 e. The topological polar surface area (TPSA) is 210 Å². The summed E-state index contributed by atoms with van der Waals surface area (Å²) in [7, 11) is -4.77. The number of hydroxylamine groups is 2. The molecule has 3 aliphatic heterocycles. The van der Waals surface area contributed by atoms with Crippen molar-refractivity contribution >= 4 is 57.3 Å². The quantitative estimate of drug-likeness (QED) is 0.281. The van der Waals surface area contributed by atoms with E-state index < -0.39 is 45.5 Å². The van der Waals surface area contributed by atoms with Gasteiger partial charge in [-0.15, -0.1) is 5.06 Å². The molecule has 2 saturated carbocycles. The number of nitrogens with zero attached hydrogens (tertiary/aromatic N) is 3.